The van der Waals surface area contributed by atoms with Crippen molar-refractivity contribution in [1.82, 2.24) is 15.1 Å². The van der Waals surface area contributed by atoms with Crippen molar-refractivity contribution in [3.63, 3.8) is 0 Å². The van der Waals surface area contributed by atoms with Crippen LogP contribution in [0.25, 0.3) is 0 Å². The fourth-order valence-corrected chi connectivity index (χ4v) is 6.98. The standard InChI is InChI=1S/C31H50N4O3/c1-31(2,3)33-15-14-28(36)30(38)34(21-22-8-5-4-6-9-22)16-17-35-26-12-13-27(35)20-25(19-26)23-10-7-11-24(18-23)29(32)37/h7,10-11,18,22,25-28,33,36H,4-6,8-9,12-17,19-21H2,1-3H3,(H2,32,37)/t25?,26?,27?,28-/m0/s1. The van der Waals surface area contributed by atoms with Crippen LogP contribution < -0.4 is 11.1 Å². The summed E-state index contributed by atoms with van der Waals surface area (Å²) >= 11 is 0. The monoisotopic (exact) mass is 526 g/mol. The number of benzene rings is 1. The zero-order chi connectivity index (χ0) is 27.3. The van der Waals surface area contributed by atoms with E-state index in [2.05, 4.69) is 37.1 Å². The van der Waals surface area contributed by atoms with Gasteiger partial charge in [0.2, 0.25) is 5.91 Å². The molecule has 2 heterocycles. The van der Waals surface area contributed by atoms with Crippen molar-refractivity contribution in [2.45, 2.75) is 115 Å². The minimum Gasteiger partial charge on any atom is -0.383 e. The highest BCUT2D eigenvalue weighted by Crippen LogP contribution is 2.43. The molecule has 2 aliphatic heterocycles. The third kappa shape index (κ3) is 7.80. The number of amides is 2. The molecule has 4 N–H and O–H groups in total. The highest BCUT2D eigenvalue weighted by atomic mass is 16.3. The second kappa shape index (κ2) is 12.9. The van der Waals surface area contributed by atoms with Gasteiger partial charge in [-0.2, -0.15) is 0 Å². The molecule has 2 saturated heterocycles. The van der Waals surface area contributed by atoms with Crippen molar-refractivity contribution < 1.29 is 14.7 Å². The number of piperidine rings is 1. The van der Waals surface area contributed by atoms with Crippen LogP contribution in [0.5, 0.6) is 0 Å². The average molecular weight is 527 g/mol. The molecular weight excluding hydrogens is 476 g/mol. The number of aliphatic hydroxyl groups is 1. The number of hydrogen-bond donors (Lipinski definition) is 3. The van der Waals surface area contributed by atoms with Gasteiger partial charge in [0.15, 0.2) is 0 Å². The first-order valence-electron chi connectivity index (χ1n) is 15.0. The molecule has 3 aliphatic rings. The smallest absolute Gasteiger partial charge is 0.251 e. The van der Waals surface area contributed by atoms with Crippen LogP contribution >= 0.6 is 0 Å². The van der Waals surface area contributed by atoms with Crippen LogP contribution in [0.1, 0.15) is 107 Å². The van der Waals surface area contributed by atoms with E-state index < -0.39 is 6.10 Å². The number of carbonyl (C=O) groups is 2. The first-order valence-corrected chi connectivity index (χ1v) is 15.0. The Balaban J connectivity index is 1.36. The lowest BCUT2D eigenvalue weighted by atomic mass is 9.84. The highest BCUT2D eigenvalue weighted by molar-refractivity contribution is 5.92. The summed E-state index contributed by atoms with van der Waals surface area (Å²) in [7, 11) is 0. The normalized spacial score (nSPS) is 25.3. The summed E-state index contributed by atoms with van der Waals surface area (Å²) in [5.41, 5.74) is 7.31. The number of aliphatic hydroxyl groups excluding tert-OH is 1. The Kier molecular flexibility index (Phi) is 9.88. The van der Waals surface area contributed by atoms with Gasteiger partial charge < -0.3 is 21.1 Å². The zero-order valence-electron chi connectivity index (χ0n) is 23.8. The van der Waals surface area contributed by atoms with Crippen LogP contribution in [0.3, 0.4) is 0 Å². The topological polar surface area (TPSA) is 98.9 Å². The quantitative estimate of drug-likeness (QED) is 0.404. The van der Waals surface area contributed by atoms with Gasteiger partial charge in [-0.05, 0) is 102 Å². The van der Waals surface area contributed by atoms with Crippen LogP contribution in [0.2, 0.25) is 0 Å². The van der Waals surface area contributed by atoms with Gasteiger partial charge >= 0.3 is 0 Å². The van der Waals surface area contributed by atoms with Crippen LogP contribution in [-0.2, 0) is 4.79 Å². The summed E-state index contributed by atoms with van der Waals surface area (Å²) in [5.74, 6) is 0.524. The molecule has 2 unspecified atom stereocenters. The molecule has 212 valence electrons. The molecule has 1 aromatic rings. The number of carbonyl (C=O) groups excluding carboxylic acids is 2. The van der Waals surface area contributed by atoms with Crippen molar-refractivity contribution in [3.05, 3.63) is 35.4 Å². The van der Waals surface area contributed by atoms with Crippen LogP contribution in [-0.4, -0.2) is 76.6 Å². The van der Waals surface area contributed by atoms with E-state index in [1.54, 1.807) is 6.07 Å². The van der Waals surface area contributed by atoms with Crippen molar-refractivity contribution in [2.24, 2.45) is 11.7 Å². The van der Waals surface area contributed by atoms with Crippen molar-refractivity contribution in [3.8, 4) is 0 Å². The van der Waals surface area contributed by atoms with Gasteiger partial charge in [-0.25, -0.2) is 0 Å². The van der Waals surface area contributed by atoms with Crippen LogP contribution in [0.4, 0.5) is 0 Å². The maximum atomic E-state index is 13.4. The SMILES string of the molecule is CC(C)(C)NCC[C@H](O)C(=O)N(CCN1C2CCC1CC(c1cccc(C(N)=O)c1)C2)CC1CCCCC1. The van der Waals surface area contributed by atoms with Gasteiger partial charge in [0.05, 0.1) is 0 Å². The van der Waals surface area contributed by atoms with Crippen molar-refractivity contribution in [1.29, 1.82) is 0 Å². The fourth-order valence-electron chi connectivity index (χ4n) is 6.98. The lowest BCUT2D eigenvalue weighted by molar-refractivity contribution is -0.141. The molecule has 1 saturated carbocycles. The first kappa shape index (κ1) is 29.0. The Morgan fingerprint density at radius 3 is 2.42 bits per heavy atom. The third-order valence-corrected chi connectivity index (χ3v) is 9.03. The number of fused-ring (bicyclic) bond motifs is 2. The van der Waals surface area contributed by atoms with E-state index in [1.165, 1.54) is 50.5 Å². The van der Waals surface area contributed by atoms with E-state index in [4.69, 9.17) is 5.73 Å². The molecule has 2 bridgehead atoms. The van der Waals surface area contributed by atoms with Gasteiger partial charge in [0.1, 0.15) is 6.10 Å². The van der Waals surface area contributed by atoms with E-state index >= 15 is 0 Å². The summed E-state index contributed by atoms with van der Waals surface area (Å²) in [6.45, 7) is 9.26. The molecule has 7 nitrogen and oxygen atoms in total. The first-order chi connectivity index (χ1) is 18.1. The maximum Gasteiger partial charge on any atom is 0.251 e. The third-order valence-electron chi connectivity index (χ3n) is 9.03. The summed E-state index contributed by atoms with van der Waals surface area (Å²) in [6.07, 6.45) is 10.2. The van der Waals surface area contributed by atoms with Gasteiger partial charge in [-0.3, -0.25) is 14.5 Å². The molecule has 0 radical (unpaired) electrons. The predicted molar refractivity (Wildman–Crippen MR) is 152 cm³/mol. The van der Waals surface area contributed by atoms with Gasteiger partial charge in [0.25, 0.3) is 5.91 Å². The molecule has 0 aromatic heterocycles. The van der Waals surface area contributed by atoms with E-state index in [0.717, 1.165) is 25.9 Å². The van der Waals surface area contributed by atoms with Gasteiger partial charge in [0, 0.05) is 42.8 Å². The molecule has 1 aliphatic carbocycles. The van der Waals surface area contributed by atoms with Crippen molar-refractivity contribution in [2.75, 3.05) is 26.2 Å². The van der Waals surface area contributed by atoms with Crippen molar-refractivity contribution >= 4 is 11.8 Å². The van der Waals surface area contributed by atoms with Crippen LogP contribution in [0.15, 0.2) is 24.3 Å². The lowest BCUT2D eigenvalue weighted by Crippen LogP contribution is -2.50. The minimum atomic E-state index is -0.951. The minimum absolute atomic E-state index is 0.0306. The summed E-state index contributed by atoms with van der Waals surface area (Å²) < 4.78 is 0. The zero-order valence-corrected chi connectivity index (χ0v) is 23.8. The number of nitrogens with one attached hydrogen (secondary N) is 1. The highest BCUT2D eigenvalue weighted by Gasteiger charge is 2.41. The number of nitrogens with two attached hydrogens (primary N) is 1. The van der Waals surface area contributed by atoms with Gasteiger partial charge in [-0.15, -0.1) is 0 Å². The van der Waals surface area contributed by atoms with Gasteiger partial charge in [-0.1, -0.05) is 31.4 Å². The van der Waals surface area contributed by atoms with Crippen LogP contribution in [0, 0.1) is 5.92 Å². The molecule has 4 rings (SSSR count). The summed E-state index contributed by atoms with van der Waals surface area (Å²) in [4.78, 5) is 29.7. The van der Waals surface area contributed by atoms with E-state index in [9.17, 15) is 14.7 Å². The van der Waals surface area contributed by atoms with E-state index in [1.807, 2.05) is 17.0 Å². The second-order valence-electron chi connectivity index (χ2n) is 13.1. The Labute approximate surface area is 229 Å². The molecule has 0 spiro atoms. The Morgan fingerprint density at radius 2 is 1.79 bits per heavy atom. The average Bonchev–Trinajstić information content (AvgIpc) is 3.12. The molecule has 3 atom stereocenters. The molecular formula is C31H50N4O3. The number of primary amides is 1. The Bertz CT molecular complexity index is 925. The lowest BCUT2D eigenvalue weighted by Gasteiger charge is -2.41. The fraction of sp³-hybridized carbons (Fsp3) is 0.742. The predicted octanol–water partition coefficient (Wildman–Crippen LogP) is 4.04. The summed E-state index contributed by atoms with van der Waals surface area (Å²) in [5, 5.41) is 14.2. The largest absolute Gasteiger partial charge is 0.383 e. The van der Waals surface area contributed by atoms with E-state index in [0.29, 0.717) is 49.0 Å². The second-order valence-corrected chi connectivity index (χ2v) is 13.1. The molecule has 2 amide bonds. The molecule has 38 heavy (non-hydrogen) atoms. The Morgan fingerprint density at radius 1 is 1.11 bits per heavy atom. The molecule has 7 heteroatoms. The number of hydrogen-bond acceptors (Lipinski definition) is 5. The summed E-state index contributed by atoms with van der Waals surface area (Å²) in [6, 6.07) is 8.85. The number of rotatable bonds is 11. The Hall–Kier alpha value is -1.96. The molecule has 3 fully saturated rings. The molecule has 1 aromatic carbocycles. The number of nitrogens with zero attached hydrogens (tertiary/aromatic N) is 2. The van der Waals surface area contributed by atoms with E-state index in [-0.39, 0.29) is 17.4 Å². The maximum absolute atomic E-state index is 13.4.